The Bertz CT molecular complexity index is 115. The SMILES string of the molecule is Cl.[CH2]c1nccs1. The van der Waals surface area contributed by atoms with Crippen molar-refractivity contribution < 1.29 is 0 Å². The summed E-state index contributed by atoms with van der Waals surface area (Å²) in [6, 6.07) is 0. The van der Waals surface area contributed by atoms with Gasteiger partial charge in [-0.15, -0.1) is 23.7 Å². The predicted molar refractivity (Wildman–Crippen MR) is 33.8 cm³/mol. The van der Waals surface area contributed by atoms with Crippen LogP contribution in [-0.4, -0.2) is 4.98 Å². The second-order valence-corrected chi connectivity index (χ2v) is 1.90. The van der Waals surface area contributed by atoms with Gasteiger partial charge in [0.1, 0.15) is 0 Å². The Labute approximate surface area is 52.8 Å². The lowest BCUT2D eigenvalue weighted by atomic mass is 10.8. The number of thiazole rings is 1. The lowest BCUT2D eigenvalue weighted by molar-refractivity contribution is 1.37. The minimum atomic E-state index is 0. The Hall–Kier alpha value is -0.0800. The van der Waals surface area contributed by atoms with Crippen molar-refractivity contribution in [2.75, 3.05) is 0 Å². The molecular weight excluding hydrogens is 130 g/mol. The fourth-order valence-corrected chi connectivity index (χ4v) is 0.653. The van der Waals surface area contributed by atoms with Crippen molar-refractivity contribution in [3.05, 3.63) is 23.5 Å². The van der Waals surface area contributed by atoms with Crippen LogP contribution in [0, 0.1) is 6.92 Å². The number of hydrogen-bond donors (Lipinski definition) is 0. The molecule has 1 nitrogen and oxygen atoms in total. The third kappa shape index (κ3) is 1.90. The molecule has 1 heterocycles. The molecule has 1 aromatic heterocycles. The van der Waals surface area contributed by atoms with Crippen LogP contribution in [0.1, 0.15) is 5.01 Å². The normalized spacial score (nSPS) is 7.57. The van der Waals surface area contributed by atoms with Gasteiger partial charge in [-0.25, -0.2) is 4.98 Å². The Morgan fingerprint density at radius 3 is 2.57 bits per heavy atom. The van der Waals surface area contributed by atoms with Crippen molar-refractivity contribution in [1.29, 1.82) is 0 Å². The van der Waals surface area contributed by atoms with Gasteiger partial charge in [-0.3, -0.25) is 0 Å². The smallest absolute Gasteiger partial charge is 0.0928 e. The van der Waals surface area contributed by atoms with E-state index in [1.807, 2.05) is 5.38 Å². The maximum Gasteiger partial charge on any atom is 0.0928 e. The molecule has 1 rings (SSSR count). The van der Waals surface area contributed by atoms with Gasteiger partial charge < -0.3 is 0 Å². The highest BCUT2D eigenvalue weighted by Crippen LogP contribution is 1.98. The molecule has 3 heteroatoms. The van der Waals surface area contributed by atoms with Gasteiger partial charge in [0.15, 0.2) is 0 Å². The molecule has 39 valence electrons. The highest BCUT2D eigenvalue weighted by Gasteiger charge is 1.76. The third-order valence-electron chi connectivity index (χ3n) is 0.483. The first-order valence-corrected chi connectivity index (χ1v) is 2.49. The molecule has 0 unspecified atom stereocenters. The van der Waals surface area contributed by atoms with Gasteiger partial charge in [-0.05, 0) is 0 Å². The Morgan fingerprint density at radius 1 is 1.71 bits per heavy atom. The molecule has 0 aliphatic carbocycles. The molecule has 0 aliphatic rings. The number of aromatic nitrogens is 1. The largest absolute Gasteiger partial charge is 0.250 e. The molecule has 0 saturated heterocycles. The van der Waals surface area contributed by atoms with Crippen LogP contribution in [0.5, 0.6) is 0 Å². The fourth-order valence-electron chi connectivity index (χ4n) is 0.253. The molecule has 0 amide bonds. The second-order valence-electron chi connectivity index (χ2n) is 0.926. The number of nitrogens with zero attached hydrogens (tertiary/aromatic N) is 1. The van der Waals surface area contributed by atoms with Crippen LogP contribution in [0.25, 0.3) is 0 Å². The zero-order valence-corrected chi connectivity index (χ0v) is 5.26. The maximum absolute atomic E-state index is 3.82. The molecule has 0 saturated carbocycles. The molecule has 0 atom stereocenters. The first-order chi connectivity index (χ1) is 2.89. The van der Waals surface area contributed by atoms with Crippen molar-refractivity contribution >= 4 is 23.7 Å². The molecule has 0 aliphatic heterocycles. The topological polar surface area (TPSA) is 12.9 Å². The van der Waals surface area contributed by atoms with Crippen LogP contribution in [0.4, 0.5) is 0 Å². The minimum absolute atomic E-state index is 0. The van der Waals surface area contributed by atoms with E-state index in [1.54, 1.807) is 17.5 Å². The van der Waals surface area contributed by atoms with Crippen LogP contribution < -0.4 is 0 Å². The van der Waals surface area contributed by atoms with Crippen LogP contribution in [0.3, 0.4) is 0 Å². The summed E-state index contributed by atoms with van der Waals surface area (Å²) < 4.78 is 0. The monoisotopic (exact) mass is 134 g/mol. The Kier molecular flexibility index (Phi) is 2.96. The van der Waals surface area contributed by atoms with Crippen LogP contribution in [0.15, 0.2) is 11.6 Å². The second kappa shape index (κ2) is 2.99. The van der Waals surface area contributed by atoms with Crippen molar-refractivity contribution in [3.8, 4) is 0 Å². The van der Waals surface area contributed by atoms with E-state index in [0.717, 1.165) is 5.01 Å². The number of halogens is 1. The van der Waals surface area contributed by atoms with Gasteiger partial charge in [0, 0.05) is 18.5 Å². The maximum atomic E-state index is 3.82. The molecule has 0 spiro atoms. The zero-order valence-electron chi connectivity index (χ0n) is 3.63. The van der Waals surface area contributed by atoms with E-state index in [4.69, 9.17) is 0 Å². The van der Waals surface area contributed by atoms with E-state index >= 15 is 0 Å². The molecule has 0 fully saturated rings. The quantitative estimate of drug-likeness (QED) is 0.527. The fraction of sp³-hybridized carbons (Fsp3) is 0. The van der Waals surface area contributed by atoms with E-state index in [0.29, 0.717) is 0 Å². The highest BCUT2D eigenvalue weighted by atomic mass is 35.5. The molecule has 0 bridgehead atoms. The van der Waals surface area contributed by atoms with Crippen LogP contribution in [0.2, 0.25) is 0 Å². The van der Waals surface area contributed by atoms with Crippen LogP contribution in [-0.2, 0) is 0 Å². The molecule has 1 aromatic rings. The minimum Gasteiger partial charge on any atom is -0.250 e. The van der Waals surface area contributed by atoms with Crippen molar-refractivity contribution in [2.45, 2.75) is 0 Å². The van der Waals surface area contributed by atoms with Gasteiger partial charge in [-0.1, -0.05) is 0 Å². The summed E-state index contributed by atoms with van der Waals surface area (Å²) in [5, 5.41) is 2.79. The van der Waals surface area contributed by atoms with E-state index in [9.17, 15) is 0 Å². The summed E-state index contributed by atoms with van der Waals surface area (Å²) in [7, 11) is 0. The summed E-state index contributed by atoms with van der Waals surface area (Å²) in [5.74, 6) is 0. The summed E-state index contributed by atoms with van der Waals surface area (Å²) in [6.45, 7) is 3.59. The first-order valence-electron chi connectivity index (χ1n) is 1.61. The summed E-state index contributed by atoms with van der Waals surface area (Å²) in [4.78, 5) is 3.82. The lowest BCUT2D eigenvalue weighted by Gasteiger charge is -1.64. The van der Waals surface area contributed by atoms with Gasteiger partial charge in [0.05, 0.1) is 5.01 Å². The van der Waals surface area contributed by atoms with Crippen molar-refractivity contribution in [1.82, 2.24) is 4.98 Å². The first kappa shape index (κ1) is 6.92. The molecule has 1 radical (unpaired) electrons. The summed E-state index contributed by atoms with van der Waals surface area (Å²) in [5.41, 5.74) is 0. The Morgan fingerprint density at radius 2 is 2.43 bits per heavy atom. The standard InChI is InChI=1S/C4H4NS.ClH/c1-4-5-2-3-6-4;/h2-3H,1H2;1H. The van der Waals surface area contributed by atoms with Gasteiger partial charge in [0.25, 0.3) is 0 Å². The molecule has 7 heavy (non-hydrogen) atoms. The van der Waals surface area contributed by atoms with E-state index in [2.05, 4.69) is 11.9 Å². The van der Waals surface area contributed by atoms with Crippen molar-refractivity contribution in [2.24, 2.45) is 0 Å². The average Bonchev–Trinajstić information content (AvgIpc) is 1.86. The van der Waals surface area contributed by atoms with E-state index < -0.39 is 0 Å². The zero-order chi connectivity index (χ0) is 4.41. The van der Waals surface area contributed by atoms with Gasteiger partial charge in [-0.2, -0.15) is 0 Å². The number of rotatable bonds is 0. The summed E-state index contributed by atoms with van der Waals surface area (Å²) in [6.07, 6.45) is 1.74. The number of hydrogen-bond acceptors (Lipinski definition) is 2. The average molecular weight is 135 g/mol. The van der Waals surface area contributed by atoms with E-state index in [1.165, 1.54) is 0 Å². The third-order valence-corrected chi connectivity index (χ3v) is 1.12. The molecular formula is C4H5ClNS. The van der Waals surface area contributed by atoms with Crippen molar-refractivity contribution in [3.63, 3.8) is 0 Å². The molecule has 0 N–H and O–H groups in total. The molecule has 0 aromatic carbocycles. The predicted octanol–water partition coefficient (Wildman–Crippen LogP) is 1.75. The highest BCUT2D eigenvalue weighted by molar-refractivity contribution is 7.09. The van der Waals surface area contributed by atoms with E-state index in [-0.39, 0.29) is 12.4 Å². The Balaban J connectivity index is 0.000000360. The van der Waals surface area contributed by atoms with Gasteiger partial charge in [0.2, 0.25) is 0 Å². The van der Waals surface area contributed by atoms with Crippen LogP contribution >= 0.6 is 23.7 Å². The summed E-state index contributed by atoms with van der Waals surface area (Å²) >= 11 is 1.56. The van der Waals surface area contributed by atoms with Gasteiger partial charge >= 0.3 is 0 Å². The lowest BCUT2D eigenvalue weighted by Crippen LogP contribution is -1.56.